The molecule has 0 spiro atoms. The normalized spacial score (nSPS) is 10.3. The van der Waals surface area contributed by atoms with Crippen molar-refractivity contribution in [2.45, 2.75) is 13.5 Å². The smallest absolute Gasteiger partial charge is 0.253 e. The molecule has 1 amide bonds. The molecule has 2 heterocycles. The van der Waals surface area contributed by atoms with Gasteiger partial charge in [0, 0.05) is 37.1 Å². The summed E-state index contributed by atoms with van der Waals surface area (Å²) in [6, 6.07) is 2.81. The average Bonchev–Trinajstić information content (AvgIpc) is 2.68. The summed E-state index contributed by atoms with van der Waals surface area (Å²) >= 11 is 0. The first-order valence-electron chi connectivity index (χ1n) is 5.52. The van der Waals surface area contributed by atoms with Crippen molar-refractivity contribution in [2.24, 2.45) is 7.05 Å². The van der Waals surface area contributed by atoms with Crippen LogP contribution >= 0.6 is 0 Å². The van der Waals surface area contributed by atoms with Crippen LogP contribution < -0.4 is 10.9 Å². The topological polar surface area (TPSA) is 79.8 Å². The van der Waals surface area contributed by atoms with Crippen LogP contribution in [0.1, 0.15) is 21.6 Å². The first-order valence-corrected chi connectivity index (χ1v) is 5.52. The van der Waals surface area contributed by atoms with Crippen LogP contribution in [0.5, 0.6) is 0 Å². The summed E-state index contributed by atoms with van der Waals surface area (Å²) in [5, 5.41) is 6.87. The summed E-state index contributed by atoms with van der Waals surface area (Å²) in [5.74, 6) is -0.227. The van der Waals surface area contributed by atoms with Crippen LogP contribution in [0.15, 0.2) is 29.3 Å². The lowest BCUT2D eigenvalue weighted by atomic mass is 10.2. The Hall–Kier alpha value is -2.37. The number of aromatic amines is 1. The summed E-state index contributed by atoms with van der Waals surface area (Å²) in [7, 11) is 1.85. The number of pyridine rings is 1. The molecular weight excluding hydrogens is 232 g/mol. The number of aryl methyl sites for hydroxylation is 1. The standard InChI is InChI=1S/C12H14N4O2/c1-8-10(7-15-16(8)2)6-14-12(18)9-3-4-11(17)13-5-9/h3-5,7H,6H2,1-2H3,(H,13,17)(H,14,18). The van der Waals surface area contributed by atoms with Gasteiger partial charge >= 0.3 is 0 Å². The van der Waals surface area contributed by atoms with Gasteiger partial charge in [0.05, 0.1) is 11.8 Å². The Morgan fingerprint density at radius 2 is 2.28 bits per heavy atom. The Morgan fingerprint density at radius 1 is 1.50 bits per heavy atom. The largest absolute Gasteiger partial charge is 0.348 e. The number of carbonyl (C=O) groups is 1. The number of nitrogens with zero attached hydrogens (tertiary/aromatic N) is 2. The van der Waals surface area contributed by atoms with Gasteiger partial charge in [-0.15, -0.1) is 0 Å². The Balaban J connectivity index is 2.02. The second-order valence-corrected chi connectivity index (χ2v) is 4.00. The van der Waals surface area contributed by atoms with Crippen LogP contribution in [0, 0.1) is 6.92 Å². The SMILES string of the molecule is Cc1c(CNC(=O)c2ccc(=O)[nH]c2)cnn1C. The number of amides is 1. The lowest BCUT2D eigenvalue weighted by Gasteiger charge is -2.04. The number of rotatable bonds is 3. The third kappa shape index (κ3) is 2.48. The molecule has 0 atom stereocenters. The molecule has 0 unspecified atom stereocenters. The predicted molar refractivity (Wildman–Crippen MR) is 66.2 cm³/mol. The van der Waals surface area contributed by atoms with Crippen LogP contribution in [0.3, 0.4) is 0 Å². The minimum atomic E-state index is -0.227. The molecule has 6 nitrogen and oxygen atoms in total. The molecule has 0 radical (unpaired) electrons. The predicted octanol–water partition coefficient (Wildman–Crippen LogP) is 0.347. The molecule has 2 aromatic heterocycles. The van der Waals surface area contributed by atoms with Gasteiger partial charge in [-0.3, -0.25) is 14.3 Å². The van der Waals surface area contributed by atoms with Gasteiger partial charge in [0.1, 0.15) is 0 Å². The van der Waals surface area contributed by atoms with Gasteiger partial charge in [0.25, 0.3) is 5.91 Å². The molecule has 0 saturated carbocycles. The summed E-state index contributed by atoms with van der Waals surface area (Å²) < 4.78 is 1.75. The van der Waals surface area contributed by atoms with E-state index in [4.69, 9.17) is 0 Å². The number of nitrogens with one attached hydrogen (secondary N) is 2. The minimum Gasteiger partial charge on any atom is -0.348 e. The zero-order valence-corrected chi connectivity index (χ0v) is 10.2. The van der Waals surface area contributed by atoms with E-state index in [2.05, 4.69) is 15.4 Å². The second kappa shape index (κ2) is 4.87. The van der Waals surface area contributed by atoms with Crippen molar-refractivity contribution in [3.05, 3.63) is 51.7 Å². The molecule has 0 saturated heterocycles. The molecule has 0 fully saturated rings. The van der Waals surface area contributed by atoms with Gasteiger partial charge < -0.3 is 10.3 Å². The van der Waals surface area contributed by atoms with Crippen molar-refractivity contribution in [2.75, 3.05) is 0 Å². The third-order valence-corrected chi connectivity index (χ3v) is 2.82. The van der Waals surface area contributed by atoms with E-state index in [9.17, 15) is 9.59 Å². The summed E-state index contributed by atoms with van der Waals surface area (Å²) in [6.07, 6.45) is 3.12. The van der Waals surface area contributed by atoms with Gasteiger partial charge in [0.2, 0.25) is 5.56 Å². The van der Waals surface area contributed by atoms with E-state index in [0.29, 0.717) is 12.1 Å². The molecule has 0 aliphatic rings. The van der Waals surface area contributed by atoms with Crippen molar-refractivity contribution in [1.29, 1.82) is 0 Å². The van der Waals surface area contributed by atoms with Crippen molar-refractivity contribution >= 4 is 5.91 Å². The zero-order valence-electron chi connectivity index (χ0n) is 10.2. The van der Waals surface area contributed by atoms with Gasteiger partial charge in [-0.2, -0.15) is 5.10 Å². The number of hydrogen-bond donors (Lipinski definition) is 2. The Morgan fingerprint density at radius 3 is 2.83 bits per heavy atom. The van der Waals surface area contributed by atoms with Crippen LogP contribution in [0.25, 0.3) is 0 Å². The zero-order chi connectivity index (χ0) is 13.1. The fourth-order valence-electron chi connectivity index (χ4n) is 1.55. The highest BCUT2D eigenvalue weighted by molar-refractivity contribution is 5.93. The average molecular weight is 246 g/mol. The fourth-order valence-corrected chi connectivity index (χ4v) is 1.55. The van der Waals surface area contributed by atoms with E-state index >= 15 is 0 Å². The van der Waals surface area contributed by atoms with E-state index in [1.807, 2.05) is 14.0 Å². The summed E-state index contributed by atoms with van der Waals surface area (Å²) in [6.45, 7) is 2.35. The van der Waals surface area contributed by atoms with Crippen LogP contribution in [-0.2, 0) is 13.6 Å². The maximum atomic E-state index is 11.8. The van der Waals surface area contributed by atoms with Crippen LogP contribution in [-0.4, -0.2) is 20.7 Å². The summed E-state index contributed by atoms with van der Waals surface area (Å²) in [4.78, 5) is 25.1. The van der Waals surface area contributed by atoms with E-state index in [1.54, 1.807) is 10.9 Å². The molecule has 94 valence electrons. The van der Waals surface area contributed by atoms with Crippen molar-refractivity contribution in [3.8, 4) is 0 Å². The van der Waals surface area contributed by atoms with Gasteiger partial charge in [-0.05, 0) is 13.0 Å². The maximum absolute atomic E-state index is 11.8. The molecule has 0 aliphatic heterocycles. The Kier molecular flexibility index (Phi) is 3.27. The van der Waals surface area contributed by atoms with Crippen molar-refractivity contribution < 1.29 is 4.79 Å². The lowest BCUT2D eigenvalue weighted by molar-refractivity contribution is 0.0950. The van der Waals surface area contributed by atoms with E-state index in [1.165, 1.54) is 18.3 Å². The highest BCUT2D eigenvalue weighted by Crippen LogP contribution is 2.05. The van der Waals surface area contributed by atoms with Gasteiger partial charge in [0.15, 0.2) is 0 Å². The van der Waals surface area contributed by atoms with E-state index in [0.717, 1.165) is 11.3 Å². The number of aromatic nitrogens is 3. The third-order valence-electron chi connectivity index (χ3n) is 2.82. The molecule has 2 rings (SSSR count). The molecule has 0 bridgehead atoms. The van der Waals surface area contributed by atoms with Crippen molar-refractivity contribution in [1.82, 2.24) is 20.1 Å². The number of H-pyrrole nitrogens is 1. The quantitative estimate of drug-likeness (QED) is 0.820. The van der Waals surface area contributed by atoms with Gasteiger partial charge in [-0.25, -0.2) is 0 Å². The molecule has 2 N–H and O–H groups in total. The number of hydrogen-bond acceptors (Lipinski definition) is 3. The minimum absolute atomic E-state index is 0.227. The number of carbonyl (C=O) groups excluding carboxylic acids is 1. The van der Waals surface area contributed by atoms with Crippen LogP contribution in [0.2, 0.25) is 0 Å². The molecule has 0 aliphatic carbocycles. The first kappa shape index (κ1) is 12.1. The van der Waals surface area contributed by atoms with Gasteiger partial charge in [-0.1, -0.05) is 0 Å². The molecule has 2 aromatic rings. The van der Waals surface area contributed by atoms with E-state index < -0.39 is 0 Å². The highest BCUT2D eigenvalue weighted by Gasteiger charge is 2.08. The monoisotopic (exact) mass is 246 g/mol. The molecule has 18 heavy (non-hydrogen) atoms. The first-order chi connectivity index (χ1) is 8.58. The fraction of sp³-hybridized carbons (Fsp3) is 0.250. The van der Waals surface area contributed by atoms with E-state index in [-0.39, 0.29) is 11.5 Å². The highest BCUT2D eigenvalue weighted by atomic mass is 16.1. The Bertz CT molecular complexity index is 607. The van der Waals surface area contributed by atoms with Crippen molar-refractivity contribution in [3.63, 3.8) is 0 Å². The lowest BCUT2D eigenvalue weighted by Crippen LogP contribution is -2.23. The molecule has 0 aromatic carbocycles. The maximum Gasteiger partial charge on any atom is 0.253 e. The summed E-state index contributed by atoms with van der Waals surface area (Å²) in [5.41, 5.74) is 2.18. The molecule has 6 heteroatoms. The molecular formula is C12H14N4O2. The second-order valence-electron chi connectivity index (χ2n) is 4.00. The van der Waals surface area contributed by atoms with Crippen LogP contribution in [0.4, 0.5) is 0 Å². The Labute approximate surface area is 104 Å².